The Morgan fingerprint density at radius 2 is 1.81 bits per heavy atom. The van der Waals surface area contributed by atoms with Crippen LogP contribution in [0.25, 0.3) is 10.8 Å². The van der Waals surface area contributed by atoms with Crippen LogP contribution in [0.1, 0.15) is 23.3 Å². The normalized spacial score (nSPS) is 15.3. The zero-order valence-electron chi connectivity index (χ0n) is 23.9. The molecule has 5 rings (SSSR count). The van der Waals surface area contributed by atoms with Crippen LogP contribution >= 0.6 is 11.3 Å². The Morgan fingerprint density at radius 1 is 1.00 bits per heavy atom. The maximum absolute atomic E-state index is 14.2. The lowest BCUT2D eigenvalue weighted by Crippen LogP contribution is -2.45. The van der Waals surface area contributed by atoms with E-state index in [4.69, 9.17) is 14.2 Å². The van der Waals surface area contributed by atoms with Crippen LogP contribution in [0, 0.1) is 0 Å². The Hall–Kier alpha value is -3.44. The average Bonchev–Trinajstić information content (AvgIpc) is 3.73. The molecule has 1 amide bonds. The van der Waals surface area contributed by atoms with E-state index < -0.39 is 10.0 Å². The lowest BCUT2D eigenvalue weighted by atomic mass is 10.1. The monoisotopic (exact) mass is 608 g/mol. The fourth-order valence-corrected chi connectivity index (χ4v) is 7.61. The molecule has 0 saturated carbocycles. The second-order valence-corrected chi connectivity index (χ2v) is 13.2. The van der Waals surface area contributed by atoms with Crippen molar-refractivity contribution < 1.29 is 27.4 Å². The van der Waals surface area contributed by atoms with Crippen LogP contribution in [0.3, 0.4) is 0 Å². The summed E-state index contributed by atoms with van der Waals surface area (Å²) in [5.74, 6) is 0.997. The van der Waals surface area contributed by atoms with Gasteiger partial charge in [0.1, 0.15) is 0 Å². The summed E-state index contributed by atoms with van der Waals surface area (Å²) >= 11 is 1.57. The van der Waals surface area contributed by atoms with Gasteiger partial charge in [-0.25, -0.2) is 8.42 Å². The average molecular weight is 609 g/mol. The summed E-state index contributed by atoms with van der Waals surface area (Å²) in [4.78, 5) is 16.9. The molecule has 1 saturated heterocycles. The molecule has 0 radical (unpaired) electrons. The van der Waals surface area contributed by atoms with E-state index in [0.29, 0.717) is 43.0 Å². The minimum absolute atomic E-state index is 0.125. The van der Waals surface area contributed by atoms with Crippen LogP contribution in [0.5, 0.6) is 11.5 Å². The number of methoxy groups -OCH3 is 2. The van der Waals surface area contributed by atoms with Crippen molar-refractivity contribution in [1.29, 1.82) is 0 Å². The summed E-state index contributed by atoms with van der Waals surface area (Å²) in [6.45, 7) is 1.25. The summed E-state index contributed by atoms with van der Waals surface area (Å²) in [6, 6.07) is 22.3. The number of carbonyl (C=O) groups excluding carboxylic acids is 1. The fraction of sp³-hybridized carbons (Fsp3) is 0.344. The Kier molecular flexibility index (Phi) is 9.79. The van der Waals surface area contributed by atoms with Crippen molar-refractivity contribution in [2.75, 3.05) is 40.5 Å². The van der Waals surface area contributed by atoms with Gasteiger partial charge in [-0.2, -0.15) is 4.31 Å². The molecule has 0 N–H and O–H groups in total. The van der Waals surface area contributed by atoms with Gasteiger partial charge in [-0.3, -0.25) is 4.79 Å². The van der Waals surface area contributed by atoms with Gasteiger partial charge in [0.2, 0.25) is 15.9 Å². The van der Waals surface area contributed by atoms with Gasteiger partial charge in [0, 0.05) is 30.0 Å². The third kappa shape index (κ3) is 6.95. The van der Waals surface area contributed by atoms with Crippen molar-refractivity contribution in [1.82, 2.24) is 9.21 Å². The van der Waals surface area contributed by atoms with E-state index in [0.717, 1.165) is 28.7 Å². The SMILES string of the molecule is COc1ccc(CCN(Cc2cccs2)C(=O)CN(C[C@@H]2CCCO2)S(=O)(=O)c2cccc3ccccc23)cc1OC. The molecule has 1 aromatic heterocycles. The number of sulfonamides is 1. The van der Waals surface area contributed by atoms with Crippen molar-refractivity contribution in [2.24, 2.45) is 0 Å². The molecular formula is C32H36N2O6S2. The molecule has 3 aromatic carbocycles. The van der Waals surface area contributed by atoms with E-state index in [9.17, 15) is 13.2 Å². The molecule has 0 aliphatic carbocycles. The van der Waals surface area contributed by atoms with Crippen LogP contribution in [0.4, 0.5) is 0 Å². The molecule has 42 heavy (non-hydrogen) atoms. The first-order chi connectivity index (χ1) is 20.4. The zero-order chi connectivity index (χ0) is 29.5. The van der Waals surface area contributed by atoms with Crippen LogP contribution in [-0.2, 0) is 32.5 Å². The molecule has 4 aromatic rings. The van der Waals surface area contributed by atoms with E-state index in [1.54, 1.807) is 48.7 Å². The van der Waals surface area contributed by atoms with E-state index in [1.807, 2.05) is 60.0 Å². The molecule has 1 atom stereocenters. The van der Waals surface area contributed by atoms with Crippen LogP contribution in [0.2, 0.25) is 0 Å². The largest absolute Gasteiger partial charge is 0.493 e. The standard InChI is InChI=1S/C32H36N2O6S2/c1-38-29-15-14-24(20-30(29)39-2)16-17-33(22-27-11-7-19-41-27)32(35)23-34(21-26-10-6-18-40-26)42(36,37)31-13-5-9-25-8-3-4-12-28(25)31/h3-5,7-9,11-15,19-20,26H,6,10,16-18,21-23H2,1-2H3/t26-/m0/s1. The summed E-state index contributed by atoms with van der Waals surface area (Å²) in [5.41, 5.74) is 0.983. The number of nitrogens with zero attached hydrogens (tertiary/aromatic N) is 2. The minimum atomic E-state index is -4.01. The van der Waals surface area contributed by atoms with Gasteiger partial charge < -0.3 is 19.1 Å². The highest BCUT2D eigenvalue weighted by molar-refractivity contribution is 7.89. The second-order valence-electron chi connectivity index (χ2n) is 10.2. The molecule has 222 valence electrons. The predicted molar refractivity (Wildman–Crippen MR) is 165 cm³/mol. The molecule has 2 heterocycles. The third-order valence-electron chi connectivity index (χ3n) is 7.51. The highest BCUT2D eigenvalue weighted by Crippen LogP contribution is 2.29. The number of benzene rings is 3. The van der Waals surface area contributed by atoms with Crippen molar-refractivity contribution in [3.05, 3.63) is 88.6 Å². The number of ether oxygens (including phenoxy) is 3. The Balaban J connectivity index is 1.42. The Labute approximate surface area is 251 Å². The summed E-state index contributed by atoms with van der Waals surface area (Å²) < 4.78 is 46.3. The molecule has 10 heteroatoms. The lowest BCUT2D eigenvalue weighted by Gasteiger charge is -2.29. The number of fused-ring (bicyclic) bond motifs is 1. The predicted octanol–water partition coefficient (Wildman–Crippen LogP) is 5.36. The number of hydrogen-bond donors (Lipinski definition) is 0. The van der Waals surface area contributed by atoms with Crippen LogP contribution < -0.4 is 9.47 Å². The lowest BCUT2D eigenvalue weighted by molar-refractivity contribution is -0.132. The Bertz CT molecular complexity index is 1600. The van der Waals surface area contributed by atoms with Crippen molar-refractivity contribution in [3.63, 3.8) is 0 Å². The second kappa shape index (κ2) is 13.7. The number of thiophene rings is 1. The fourth-order valence-electron chi connectivity index (χ4n) is 5.26. The zero-order valence-corrected chi connectivity index (χ0v) is 25.5. The summed E-state index contributed by atoms with van der Waals surface area (Å²) in [6.07, 6.45) is 1.95. The number of rotatable bonds is 13. The van der Waals surface area contributed by atoms with Crippen molar-refractivity contribution >= 4 is 38.0 Å². The highest BCUT2D eigenvalue weighted by atomic mass is 32.2. The first-order valence-electron chi connectivity index (χ1n) is 14.0. The molecule has 0 spiro atoms. The van der Waals surface area contributed by atoms with Crippen molar-refractivity contribution in [2.45, 2.75) is 36.8 Å². The third-order valence-corrected chi connectivity index (χ3v) is 10.2. The highest BCUT2D eigenvalue weighted by Gasteiger charge is 2.33. The van der Waals surface area contributed by atoms with Gasteiger partial charge >= 0.3 is 0 Å². The number of hydrogen-bond acceptors (Lipinski definition) is 7. The van der Waals surface area contributed by atoms with E-state index in [-0.39, 0.29) is 30.0 Å². The maximum atomic E-state index is 14.2. The summed E-state index contributed by atoms with van der Waals surface area (Å²) in [5, 5.41) is 3.44. The topological polar surface area (TPSA) is 85.4 Å². The van der Waals surface area contributed by atoms with Crippen LogP contribution in [0.15, 0.2) is 83.1 Å². The molecule has 1 fully saturated rings. The minimum Gasteiger partial charge on any atom is -0.493 e. The summed E-state index contributed by atoms with van der Waals surface area (Å²) in [7, 11) is -0.830. The van der Waals surface area contributed by atoms with Gasteiger partial charge in [0.05, 0.1) is 38.3 Å². The first-order valence-corrected chi connectivity index (χ1v) is 16.3. The van der Waals surface area contributed by atoms with Gasteiger partial charge in [-0.05, 0) is 59.9 Å². The van der Waals surface area contributed by atoms with Gasteiger partial charge in [-0.1, -0.05) is 48.5 Å². The Morgan fingerprint density at radius 3 is 2.55 bits per heavy atom. The molecule has 0 unspecified atom stereocenters. The molecular weight excluding hydrogens is 572 g/mol. The smallest absolute Gasteiger partial charge is 0.244 e. The van der Waals surface area contributed by atoms with Crippen LogP contribution in [-0.4, -0.2) is 70.1 Å². The number of amides is 1. The molecule has 0 bridgehead atoms. The van der Waals surface area contributed by atoms with E-state index in [2.05, 4.69) is 0 Å². The van der Waals surface area contributed by atoms with Gasteiger partial charge in [0.15, 0.2) is 11.5 Å². The maximum Gasteiger partial charge on any atom is 0.244 e. The number of carbonyl (C=O) groups is 1. The van der Waals surface area contributed by atoms with E-state index >= 15 is 0 Å². The molecule has 8 nitrogen and oxygen atoms in total. The van der Waals surface area contributed by atoms with Crippen molar-refractivity contribution in [3.8, 4) is 11.5 Å². The molecule has 1 aliphatic heterocycles. The van der Waals surface area contributed by atoms with Gasteiger partial charge in [0.25, 0.3) is 0 Å². The van der Waals surface area contributed by atoms with Gasteiger partial charge in [-0.15, -0.1) is 11.3 Å². The van der Waals surface area contributed by atoms with E-state index in [1.165, 1.54) is 4.31 Å². The molecule has 1 aliphatic rings. The first kappa shape index (κ1) is 30.0. The quantitative estimate of drug-likeness (QED) is 0.203.